The Bertz CT molecular complexity index is 404. The van der Waals surface area contributed by atoms with Gasteiger partial charge in [-0.1, -0.05) is 5.73 Å². The number of ether oxygens (including phenoxy) is 3. The first kappa shape index (κ1) is 13.7. The van der Waals surface area contributed by atoms with Crippen LogP contribution in [0.1, 0.15) is 13.8 Å². The van der Waals surface area contributed by atoms with E-state index in [0.717, 1.165) is 6.08 Å². The second-order valence-electron chi connectivity index (χ2n) is 4.94. The highest BCUT2D eigenvalue weighted by Crippen LogP contribution is 2.46. The summed E-state index contributed by atoms with van der Waals surface area (Å²) >= 11 is 0. The summed E-state index contributed by atoms with van der Waals surface area (Å²) < 4.78 is 41.3. The highest BCUT2D eigenvalue weighted by atomic mass is 19.3. The molecular formula is C11H15BF2O4. The molecule has 2 heterocycles. The fourth-order valence-corrected chi connectivity index (χ4v) is 2.56. The van der Waals surface area contributed by atoms with Gasteiger partial charge in [0.15, 0.2) is 5.79 Å². The molecule has 4 nitrogen and oxygen atoms in total. The number of halogens is 2. The van der Waals surface area contributed by atoms with E-state index in [1.807, 2.05) is 5.73 Å². The second kappa shape index (κ2) is 4.44. The van der Waals surface area contributed by atoms with Crippen LogP contribution in [-0.2, 0) is 14.2 Å². The summed E-state index contributed by atoms with van der Waals surface area (Å²) in [6.07, 6.45) is -2.01. The molecule has 0 spiro atoms. The van der Waals surface area contributed by atoms with Crippen molar-refractivity contribution in [2.24, 2.45) is 0 Å². The third-order valence-corrected chi connectivity index (χ3v) is 3.22. The largest absolute Gasteiger partial charge is 0.394 e. The lowest BCUT2D eigenvalue weighted by molar-refractivity contribution is -0.191. The molecule has 2 saturated heterocycles. The van der Waals surface area contributed by atoms with E-state index in [1.54, 1.807) is 21.7 Å². The lowest BCUT2D eigenvalue weighted by atomic mass is 9.80. The van der Waals surface area contributed by atoms with Crippen molar-refractivity contribution in [3.8, 4) is 0 Å². The molecule has 0 saturated carbocycles. The normalized spacial score (nSPS) is 41.3. The smallest absolute Gasteiger partial charge is 0.312 e. The van der Waals surface area contributed by atoms with Crippen molar-refractivity contribution in [3.05, 3.63) is 17.9 Å². The molecule has 18 heavy (non-hydrogen) atoms. The van der Waals surface area contributed by atoms with Crippen molar-refractivity contribution < 1.29 is 28.1 Å². The molecule has 4 atom stereocenters. The molecule has 7 heteroatoms. The lowest BCUT2D eigenvalue weighted by Crippen LogP contribution is -2.45. The van der Waals surface area contributed by atoms with Crippen molar-refractivity contribution in [3.63, 3.8) is 0 Å². The molecule has 0 amide bonds. The van der Waals surface area contributed by atoms with E-state index in [1.165, 1.54) is 0 Å². The summed E-state index contributed by atoms with van der Waals surface area (Å²) in [5.41, 5.74) is 0.716. The second-order valence-corrected chi connectivity index (χ2v) is 4.94. The maximum Gasteiger partial charge on any atom is 0.312 e. The van der Waals surface area contributed by atoms with Crippen molar-refractivity contribution in [1.29, 1.82) is 0 Å². The maximum atomic E-state index is 12.2. The van der Waals surface area contributed by atoms with Gasteiger partial charge in [0.1, 0.15) is 25.7 Å². The lowest BCUT2D eigenvalue weighted by Gasteiger charge is -2.27. The molecule has 2 unspecified atom stereocenters. The molecule has 0 radical (unpaired) electrons. The van der Waals surface area contributed by atoms with E-state index in [9.17, 15) is 13.9 Å². The van der Waals surface area contributed by atoms with Crippen LogP contribution >= 0.6 is 0 Å². The summed E-state index contributed by atoms with van der Waals surface area (Å²) in [5, 5.41) is 9.24. The maximum absolute atomic E-state index is 12.2. The Balaban J connectivity index is 2.42. The molecule has 0 aromatic carbocycles. The van der Waals surface area contributed by atoms with Crippen LogP contribution in [0.25, 0.3) is 0 Å². The van der Waals surface area contributed by atoms with Gasteiger partial charge in [-0.2, -0.15) is 8.78 Å². The molecular weight excluding hydrogens is 245 g/mol. The number of rotatable bonds is 2. The number of fused-ring (bicyclic) bond motifs is 1. The van der Waals surface area contributed by atoms with Gasteiger partial charge in [-0.15, -0.1) is 0 Å². The molecule has 100 valence electrons. The highest BCUT2D eigenvalue weighted by molar-refractivity contribution is 6.12. The average molecular weight is 260 g/mol. The predicted molar refractivity (Wildman–Crippen MR) is 60.9 cm³/mol. The van der Waals surface area contributed by atoms with Gasteiger partial charge in [0.25, 0.3) is 0 Å². The van der Waals surface area contributed by atoms with Gasteiger partial charge in [-0.25, -0.2) is 0 Å². The first-order valence-corrected chi connectivity index (χ1v) is 5.74. The van der Waals surface area contributed by atoms with Crippen molar-refractivity contribution in [2.75, 3.05) is 6.61 Å². The van der Waals surface area contributed by atoms with Crippen LogP contribution in [0.5, 0.6) is 0 Å². The van der Waals surface area contributed by atoms with Crippen LogP contribution in [0, 0.1) is 0 Å². The molecule has 0 aromatic rings. The van der Waals surface area contributed by atoms with Crippen molar-refractivity contribution in [2.45, 2.75) is 43.4 Å². The Morgan fingerprint density at radius 1 is 1.50 bits per heavy atom. The van der Waals surface area contributed by atoms with E-state index < -0.39 is 35.7 Å². The fraction of sp³-hybridized carbons (Fsp3) is 0.727. The zero-order valence-electron chi connectivity index (χ0n) is 10.4. The zero-order chi connectivity index (χ0) is 13.6. The van der Waals surface area contributed by atoms with E-state index in [0.29, 0.717) is 0 Å². The number of hydrogen-bond acceptors (Lipinski definition) is 4. The zero-order valence-corrected chi connectivity index (χ0v) is 10.4. The van der Waals surface area contributed by atoms with E-state index in [-0.39, 0.29) is 6.61 Å². The Hall–Kier alpha value is -0.715. The number of aliphatic hydroxyl groups excluding tert-OH is 1. The van der Waals surface area contributed by atoms with Crippen LogP contribution in [0.15, 0.2) is 17.9 Å². The van der Waals surface area contributed by atoms with Gasteiger partial charge in [-0.3, -0.25) is 0 Å². The average Bonchev–Trinajstić information content (AvgIpc) is 2.67. The first-order chi connectivity index (χ1) is 8.31. The van der Waals surface area contributed by atoms with E-state index >= 15 is 0 Å². The summed E-state index contributed by atoms with van der Waals surface area (Å²) in [6, 6.07) is -0.506. The van der Waals surface area contributed by atoms with E-state index in [4.69, 9.17) is 14.2 Å². The van der Waals surface area contributed by atoms with Gasteiger partial charge in [-0.05, 0) is 19.9 Å². The fourth-order valence-electron chi connectivity index (χ4n) is 2.56. The summed E-state index contributed by atoms with van der Waals surface area (Å²) in [6.45, 7) is 3.13. The Kier molecular flexibility index (Phi) is 3.38. The van der Waals surface area contributed by atoms with Gasteiger partial charge < -0.3 is 19.3 Å². The minimum atomic E-state index is -1.93. The Labute approximate surface area is 105 Å². The molecule has 1 N–H and O–H groups in total. The van der Waals surface area contributed by atoms with Crippen molar-refractivity contribution in [1.82, 2.24) is 0 Å². The quantitative estimate of drug-likeness (QED) is 0.567. The third-order valence-electron chi connectivity index (χ3n) is 3.22. The van der Waals surface area contributed by atoms with Crippen LogP contribution in [0.3, 0.4) is 0 Å². The minimum Gasteiger partial charge on any atom is -0.394 e. The number of hydrogen-bond donors (Lipinski definition) is 1. The predicted octanol–water partition coefficient (Wildman–Crippen LogP) is 0.162. The molecule has 0 aromatic heterocycles. The van der Waals surface area contributed by atoms with E-state index in [2.05, 4.69) is 0 Å². The molecule has 2 aliphatic rings. The monoisotopic (exact) mass is 260 g/mol. The third kappa shape index (κ3) is 2.13. The van der Waals surface area contributed by atoms with Crippen LogP contribution in [-0.4, -0.2) is 49.2 Å². The first-order valence-electron chi connectivity index (χ1n) is 5.74. The molecule has 2 fully saturated rings. The molecule has 0 aliphatic carbocycles. The van der Waals surface area contributed by atoms with Gasteiger partial charge in [0.05, 0.1) is 12.6 Å². The number of aliphatic hydroxyl groups is 1. The van der Waals surface area contributed by atoms with Gasteiger partial charge in [0.2, 0.25) is 0 Å². The van der Waals surface area contributed by atoms with Crippen molar-refractivity contribution >= 4 is 7.85 Å². The van der Waals surface area contributed by atoms with Gasteiger partial charge in [0, 0.05) is 0 Å². The molecule has 0 bridgehead atoms. The summed E-state index contributed by atoms with van der Waals surface area (Å²) in [7, 11) is 1.70. The highest BCUT2D eigenvalue weighted by Gasteiger charge is 2.63. The molecule has 2 aliphatic heterocycles. The Morgan fingerprint density at radius 3 is 2.72 bits per heavy atom. The van der Waals surface area contributed by atoms with Crippen LogP contribution in [0.2, 0.25) is 0 Å². The van der Waals surface area contributed by atoms with Crippen LogP contribution < -0.4 is 0 Å². The summed E-state index contributed by atoms with van der Waals surface area (Å²) in [5.74, 6) is -0.916. The minimum absolute atomic E-state index is 0.258. The van der Waals surface area contributed by atoms with Crippen LogP contribution in [0.4, 0.5) is 8.78 Å². The molecule has 2 rings (SSSR count). The summed E-state index contributed by atoms with van der Waals surface area (Å²) in [4.78, 5) is 0. The Morgan fingerprint density at radius 2 is 2.17 bits per heavy atom. The SMILES string of the molecule is B[C@@H]1O[C@H](CO)C2OC(C)(C)OC21C=C=C(F)F. The van der Waals surface area contributed by atoms with Gasteiger partial charge >= 0.3 is 6.08 Å². The standard InChI is InChI=1S/C11H15BF2O4/c1-10(2)17-8-6(5-15)16-9(12)11(8,18-10)4-3-7(13)14/h4,6,8-9,15H,5,12H2,1-2H3/t6-,8?,9-,11?/m1/s1. The topological polar surface area (TPSA) is 47.9 Å².